The van der Waals surface area contributed by atoms with E-state index < -0.39 is 0 Å². The van der Waals surface area contributed by atoms with E-state index in [9.17, 15) is 4.79 Å². The molecular formula is C16H20N4O2. The van der Waals surface area contributed by atoms with E-state index in [2.05, 4.69) is 16.2 Å². The average Bonchev–Trinajstić information content (AvgIpc) is 2.49. The van der Waals surface area contributed by atoms with Gasteiger partial charge in [0, 0.05) is 19.2 Å². The Kier molecular flexibility index (Phi) is 5.21. The molecule has 22 heavy (non-hydrogen) atoms. The minimum atomic E-state index is -0.127. The van der Waals surface area contributed by atoms with Gasteiger partial charge in [0.2, 0.25) is 5.91 Å². The molecule has 2 aromatic carbocycles. The molecule has 6 heteroatoms. The number of anilines is 3. The molecule has 0 fully saturated rings. The number of benzene rings is 2. The van der Waals surface area contributed by atoms with Crippen LogP contribution in [0.25, 0.3) is 0 Å². The highest BCUT2D eigenvalue weighted by Gasteiger charge is 2.02. The second-order valence-corrected chi connectivity index (χ2v) is 4.81. The lowest BCUT2D eigenvalue weighted by atomic mass is 10.2. The Bertz CT molecular complexity index is 641. The van der Waals surface area contributed by atoms with Crippen LogP contribution in [-0.2, 0) is 11.3 Å². The van der Waals surface area contributed by atoms with E-state index in [0.717, 1.165) is 17.0 Å². The molecule has 0 heterocycles. The number of nitrogens with one attached hydrogen (secondary N) is 3. The molecule has 0 aliphatic rings. The van der Waals surface area contributed by atoms with Gasteiger partial charge in [-0.3, -0.25) is 4.79 Å². The molecule has 2 rings (SSSR count). The molecule has 0 aliphatic carbocycles. The molecule has 5 N–H and O–H groups in total. The van der Waals surface area contributed by atoms with Gasteiger partial charge in [-0.1, -0.05) is 12.1 Å². The minimum absolute atomic E-state index is 0.127. The second kappa shape index (κ2) is 7.33. The van der Waals surface area contributed by atoms with E-state index in [-0.39, 0.29) is 5.91 Å². The third kappa shape index (κ3) is 4.39. The third-order valence-electron chi connectivity index (χ3n) is 3.05. The molecule has 1 amide bonds. The van der Waals surface area contributed by atoms with Gasteiger partial charge >= 0.3 is 0 Å². The monoisotopic (exact) mass is 300 g/mol. The first-order valence-corrected chi connectivity index (χ1v) is 6.87. The zero-order valence-electron chi connectivity index (χ0n) is 12.6. The van der Waals surface area contributed by atoms with Gasteiger partial charge in [-0.05, 0) is 35.9 Å². The van der Waals surface area contributed by atoms with Crippen LogP contribution in [0, 0.1) is 0 Å². The molecular weight excluding hydrogens is 280 g/mol. The van der Waals surface area contributed by atoms with Crippen molar-refractivity contribution in [3.05, 3.63) is 48.0 Å². The van der Waals surface area contributed by atoms with Crippen molar-refractivity contribution < 1.29 is 9.53 Å². The number of nitrogen functional groups attached to an aromatic ring is 1. The fraction of sp³-hybridized carbons (Fsp3) is 0.188. The maximum absolute atomic E-state index is 11.0. The van der Waals surface area contributed by atoms with Crippen LogP contribution in [0.4, 0.5) is 17.1 Å². The molecule has 0 spiro atoms. The van der Waals surface area contributed by atoms with Crippen LogP contribution in [0.3, 0.4) is 0 Å². The van der Waals surface area contributed by atoms with Crippen LogP contribution >= 0.6 is 0 Å². The Labute approximate surface area is 129 Å². The van der Waals surface area contributed by atoms with Crippen molar-refractivity contribution in [2.45, 2.75) is 13.5 Å². The van der Waals surface area contributed by atoms with Crippen molar-refractivity contribution in [2.75, 3.05) is 23.6 Å². The molecule has 6 nitrogen and oxygen atoms in total. The van der Waals surface area contributed by atoms with Gasteiger partial charge in [-0.2, -0.15) is 0 Å². The summed E-state index contributed by atoms with van der Waals surface area (Å²) < 4.78 is 5.11. The zero-order chi connectivity index (χ0) is 15.9. The molecule has 0 radical (unpaired) electrons. The Morgan fingerprint density at radius 3 is 2.50 bits per heavy atom. The number of rotatable bonds is 6. The number of ether oxygens (including phenoxy) is 1. The van der Waals surface area contributed by atoms with Crippen molar-refractivity contribution in [1.29, 1.82) is 0 Å². The highest BCUT2D eigenvalue weighted by molar-refractivity contribution is 5.90. The number of carbonyl (C=O) groups is 1. The fourth-order valence-electron chi connectivity index (χ4n) is 1.94. The van der Waals surface area contributed by atoms with E-state index >= 15 is 0 Å². The van der Waals surface area contributed by atoms with Crippen molar-refractivity contribution in [1.82, 2.24) is 5.43 Å². The predicted octanol–water partition coefficient (Wildman–Crippen LogP) is 2.35. The van der Waals surface area contributed by atoms with E-state index in [0.29, 0.717) is 17.9 Å². The van der Waals surface area contributed by atoms with Crippen LogP contribution in [0.15, 0.2) is 42.5 Å². The number of hydrogen-bond acceptors (Lipinski definition) is 5. The largest absolute Gasteiger partial charge is 0.497 e. The Morgan fingerprint density at radius 2 is 1.91 bits per heavy atom. The highest BCUT2D eigenvalue weighted by Crippen LogP contribution is 2.22. The summed E-state index contributed by atoms with van der Waals surface area (Å²) in [7, 11) is 1.64. The summed E-state index contributed by atoms with van der Waals surface area (Å²) in [4.78, 5) is 11.0. The molecule has 2 aromatic rings. The first kappa shape index (κ1) is 15.7. The zero-order valence-corrected chi connectivity index (χ0v) is 12.6. The van der Waals surface area contributed by atoms with Crippen LogP contribution in [-0.4, -0.2) is 13.0 Å². The summed E-state index contributed by atoms with van der Waals surface area (Å²) in [6.07, 6.45) is 0. The van der Waals surface area contributed by atoms with Gasteiger partial charge in [-0.15, -0.1) is 0 Å². The normalized spacial score (nSPS) is 10.1. The summed E-state index contributed by atoms with van der Waals surface area (Å²) in [5.41, 5.74) is 15.2. The van der Waals surface area contributed by atoms with Crippen LogP contribution in [0.5, 0.6) is 5.75 Å². The first-order chi connectivity index (χ1) is 10.6. The number of hydrazine groups is 1. The summed E-state index contributed by atoms with van der Waals surface area (Å²) in [5.74, 6) is 0.701. The summed E-state index contributed by atoms with van der Waals surface area (Å²) in [6.45, 7) is 2.09. The standard InChI is InChI=1S/C16H20N4O2/c1-11(21)19-13-5-8-16(15(17)9-13)20-18-10-12-3-6-14(22-2)7-4-12/h3-9,18,20H,10,17H2,1-2H3,(H,19,21). The van der Waals surface area contributed by atoms with Gasteiger partial charge in [0.1, 0.15) is 5.75 Å². The topological polar surface area (TPSA) is 88.4 Å². The lowest BCUT2D eigenvalue weighted by molar-refractivity contribution is -0.114. The van der Waals surface area contributed by atoms with E-state index in [1.54, 1.807) is 19.2 Å². The number of carbonyl (C=O) groups excluding carboxylic acids is 1. The van der Waals surface area contributed by atoms with Gasteiger partial charge in [0.15, 0.2) is 0 Å². The Hall–Kier alpha value is -2.73. The number of nitrogens with two attached hydrogens (primary N) is 1. The lowest BCUT2D eigenvalue weighted by Gasteiger charge is -2.12. The summed E-state index contributed by atoms with van der Waals surface area (Å²) >= 11 is 0. The molecule has 0 aromatic heterocycles. The van der Waals surface area contributed by atoms with Gasteiger partial charge in [-0.25, -0.2) is 5.43 Å². The Balaban J connectivity index is 1.89. The second-order valence-electron chi connectivity index (χ2n) is 4.81. The van der Waals surface area contributed by atoms with Crippen molar-refractivity contribution >= 4 is 23.0 Å². The van der Waals surface area contributed by atoms with Crippen molar-refractivity contribution in [3.8, 4) is 5.75 Å². The van der Waals surface area contributed by atoms with Crippen LogP contribution in [0.2, 0.25) is 0 Å². The fourth-order valence-corrected chi connectivity index (χ4v) is 1.94. The Morgan fingerprint density at radius 1 is 1.18 bits per heavy atom. The van der Waals surface area contributed by atoms with Crippen LogP contribution < -0.4 is 26.6 Å². The molecule has 0 saturated heterocycles. The van der Waals surface area contributed by atoms with E-state index in [1.807, 2.05) is 30.3 Å². The SMILES string of the molecule is COc1ccc(CNNc2ccc(NC(C)=O)cc2N)cc1. The van der Waals surface area contributed by atoms with Crippen molar-refractivity contribution in [3.63, 3.8) is 0 Å². The van der Waals surface area contributed by atoms with E-state index in [1.165, 1.54) is 6.92 Å². The van der Waals surface area contributed by atoms with Gasteiger partial charge in [0.25, 0.3) is 0 Å². The maximum Gasteiger partial charge on any atom is 0.221 e. The quantitative estimate of drug-likeness (QED) is 0.486. The van der Waals surface area contributed by atoms with Gasteiger partial charge < -0.3 is 21.2 Å². The smallest absolute Gasteiger partial charge is 0.221 e. The molecule has 0 atom stereocenters. The number of amides is 1. The molecule has 0 saturated carbocycles. The lowest BCUT2D eigenvalue weighted by Crippen LogP contribution is -2.21. The van der Waals surface area contributed by atoms with Crippen LogP contribution in [0.1, 0.15) is 12.5 Å². The summed E-state index contributed by atoms with van der Waals surface area (Å²) in [6, 6.07) is 13.1. The highest BCUT2D eigenvalue weighted by atomic mass is 16.5. The number of hydrogen-bond donors (Lipinski definition) is 4. The predicted molar refractivity (Wildman–Crippen MR) is 88.6 cm³/mol. The van der Waals surface area contributed by atoms with Crippen molar-refractivity contribution in [2.24, 2.45) is 0 Å². The van der Waals surface area contributed by atoms with Gasteiger partial charge in [0.05, 0.1) is 18.5 Å². The maximum atomic E-state index is 11.0. The first-order valence-electron chi connectivity index (χ1n) is 6.87. The molecule has 0 unspecified atom stereocenters. The number of methoxy groups -OCH3 is 1. The molecule has 0 bridgehead atoms. The third-order valence-corrected chi connectivity index (χ3v) is 3.05. The molecule has 0 aliphatic heterocycles. The average molecular weight is 300 g/mol. The minimum Gasteiger partial charge on any atom is -0.497 e. The van der Waals surface area contributed by atoms with E-state index in [4.69, 9.17) is 10.5 Å². The molecule has 116 valence electrons. The summed E-state index contributed by atoms with van der Waals surface area (Å²) in [5, 5.41) is 2.69.